The molecule has 0 aliphatic rings. The SMILES string of the molecule is CNC(=O)[C@@](C)(C(=O)NO)N(C)C(=O)c1ccc(-c2csc(C)n2)cc1. The summed E-state index contributed by atoms with van der Waals surface area (Å²) in [6.45, 7) is 3.16. The van der Waals surface area contributed by atoms with Crippen LogP contribution in [-0.4, -0.2) is 52.4 Å². The number of hydrogen-bond donors (Lipinski definition) is 3. The van der Waals surface area contributed by atoms with Gasteiger partial charge in [0.1, 0.15) is 0 Å². The van der Waals surface area contributed by atoms with Gasteiger partial charge in [-0.25, -0.2) is 10.5 Å². The molecule has 1 heterocycles. The molecule has 1 atom stereocenters. The molecule has 0 saturated heterocycles. The molecule has 8 nitrogen and oxygen atoms in total. The molecular weight excluding hydrogens is 356 g/mol. The van der Waals surface area contributed by atoms with Crippen LogP contribution in [0.1, 0.15) is 22.3 Å². The van der Waals surface area contributed by atoms with E-state index in [1.54, 1.807) is 24.3 Å². The molecule has 0 aliphatic heterocycles. The fourth-order valence-corrected chi connectivity index (χ4v) is 3.06. The number of likely N-dealkylation sites (N-methyl/N-ethyl adjacent to an activating group) is 2. The van der Waals surface area contributed by atoms with Crippen molar-refractivity contribution in [2.75, 3.05) is 14.1 Å². The number of benzene rings is 1. The Morgan fingerprint density at radius 1 is 1.19 bits per heavy atom. The zero-order valence-corrected chi connectivity index (χ0v) is 15.7. The molecule has 1 aromatic heterocycles. The van der Waals surface area contributed by atoms with Gasteiger partial charge in [-0.15, -0.1) is 11.3 Å². The third-order valence-corrected chi connectivity index (χ3v) is 5.01. The maximum Gasteiger partial charge on any atom is 0.278 e. The zero-order chi connectivity index (χ0) is 19.5. The summed E-state index contributed by atoms with van der Waals surface area (Å²) >= 11 is 1.53. The average molecular weight is 376 g/mol. The second kappa shape index (κ2) is 7.63. The molecular formula is C17H20N4O4S. The second-order valence-corrected chi connectivity index (χ2v) is 6.85. The highest BCUT2D eigenvalue weighted by Crippen LogP contribution is 2.23. The number of nitrogens with zero attached hydrogens (tertiary/aromatic N) is 2. The van der Waals surface area contributed by atoms with Crippen LogP contribution in [-0.2, 0) is 9.59 Å². The summed E-state index contributed by atoms with van der Waals surface area (Å²) in [6, 6.07) is 6.70. The Morgan fingerprint density at radius 3 is 2.27 bits per heavy atom. The van der Waals surface area contributed by atoms with Gasteiger partial charge in [-0.2, -0.15) is 0 Å². The van der Waals surface area contributed by atoms with Crippen molar-refractivity contribution in [3.63, 3.8) is 0 Å². The minimum atomic E-state index is -1.91. The Bertz CT molecular complexity index is 816. The second-order valence-electron chi connectivity index (χ2n) is 5.79. The van der Waals surface area contributed by atoms with Crippen LogP contribution in [0, 0.1) is 6.92 Å². The lowest BCUT2D eigenvalue weighted by atomic mass is 9.96. The van der Waals surface area contributed by atoms with Crippen LogP contribution < -0.4 is 10.8 Å². The van der Waals surface area contributed by atoms with Gasteiger partial charge in [-0.1, -0.05) is 12.1 Å². The number of carbonyl (C=O) groups is 3. The number of rotatable bonds is 5. The molecule has 2 aromatic rings. The quantitative estimate of drug-likeness (QED) is 0.412. The summed E-state index contributed by atoms with van der Waals surface area (Å²) in [6.07, 6.45) is 0. The van der Waals surface area contributed by atoms with Gasteiger partial charge < -0.3 is 10.2 Å². The van der Waals surface area contributed by atoms with Crippen molar-refractivity contribution in [2.45, 2.75) is 19.4 Å². The minimum Gasteiger partial charge on any atom is -0.357 e. The molecule has 0 saturated carbocycles. The first-order valence-corrected chi connectivity index (χ1v) is 8.61. The topological polar surface area (TPSA) is 112 Å². The van der Waals surface area contributed by atoms with Gasteiger partial charge in [-0.3, -0.25) is 19.6 Å². The first-order chi connectivity index (χ1) is 12.2. The first kappa shape index (κ1) is 19.5. The smallest absolute Gasteiger partial charge is 0.278 e. The summed E-state index contributed by atoms with van der Waals surface area (Å²) in [5.41, 5.74) is 1.50. The number of carbonyl (C=O) groups excluding carboxylic acids is 3. The van der Waals surface area contributed by atoms with Crippen molar-refractivity contribution in [3.05, 3.63) is 40.2 Å². The van der Waals surface area contributed by atoms with E-state index in [-0.39, 0.29) is 0 Å². The minimum absolute atomic E-state index is 0.295. The molecule has 3 amide bonds. The number of hydroxylamine groups is 1. The highest BCUT2D eigenvalue weighted by Gasteiger charge is 2.47. The number of aromatic nitrogens is 1. The predicted molar refractivity (Wildman–Crippen MR) is 96.8 cm³/mol. The molecule has 0 aliphatic carbocycles. The average Bonchev–Trinajstić information content (AvgIpc) is 3.11. The van der Waals surface area contributed by atoms with Gasteiger partial charge in [0.25, 0.3) is 17.7 Å². The lowest BCUT2D eigenvalue weighted by Crippen LogP contribution is -2.64. The molecule has 0 spiro atoms. The Labute approximate surface area is 154 Å². The molecule has 138 valence electrons. The van der Waals surface area contributed by atoms with Crippen molar-refractivity contribution in [2.24, 2.45) is 0 Å². The van der Waals surface area contributed by atoms with Crippen LogP contribution in [0.5, 0.6) is 0 Å². The molecule has 9 heteroatoms. The number of nitrogens with one attached hydrogen (secondary N) is 2. The van der Waals surface area contributed by atoms with Crippen LogP contribution >= 0.6 is 11.3 Å². The third-order valence-electron chi connectivity index (χ3n) is 4.23. The number of thiazole rings is 1. The largest absolute Gasteiger partial charge is 0.357 e. The predicted octanol–water partition coefficient (Wildman–Crippen LogP) is 1.20. The van der Waals surface area contributed by atoms with E-state index in [0.717, 1.165) is 21.2 Å². The Morgan fingerprint density at radius 2 is 1.81 bits per heavy atom. The van der Waals surface area contributed by atoms with Gasteiger partial charge in [0.05, 0.1) is 10.7 Å². The summed E-state index contributed by atoms with van der Waals surface area (Å²) < 4.78 is 0. The van der Waals surface area contributed by atoms with Gasteiger partial charge in [0.15, 0.2) is 5.54 Å². The van der Waals surface area contributed by atoms with Crippen LogP contribution in [0.2, 0.25) is 0 Å². The summed E-state index contributed by atoms with van der Waals surface area (Å²) in [4.78, 5) is 42.3. The number of aryl methyl sites for hydroxylation is 1. The number of hydrogen-bond acceptors (Lipinski definition) is 6. The summed E-state index contributed by atoms with van der Waals surface area (Å²) in [5.74, 6) is -2.28. The van der Waals surface area contributed by atoms with Crippen LogP contribution in [0.3, 0.4) is 0 Å². The van der Waals surface area contributed by atoms with Gasteiger partial charge in [0.2, 0.25) is 0 Å². The number of amides is 3. The highest BCUT2D eigenvalue weighted by atomic mass is 32.1. The molecule has 26 heavy (non-hydrogen) atoms. The summed E-state index contributed by atoms with van der Waals surface area (Å²) in [7, 11) is 2.67. The van der Waals surface area contributed by atoms with E-state index in [4.69, 9.17) is 5.21 Å². The lowest BCUT2D eigenvalue weighted by Gasteiger charge is -2.34. The highest BCUT2D eigenvalue weighted by molar-refractivity contribution is 7.09. The van der Waals surface area contributed by atoms with Gasteiger partial charge in [0, 0.05) is 30.6 Å². The standard InChI is InChI=1S/C17H20N4O4S/c1-10-19-13(9-26-10)11-5-7-12(8-6-11)14(22)21(4)17(2,15(23)18-3)16(24)20-25/h5-9,25H,1-4H3,(H,18,23)(H,20,24)/t17-/m0/s1. The van der Waals surface area contributed by atoms with Crippen molar-refractivity contribution in [1.29, 1.82) is 0 Å². The fraction of sp³-hybridized carbons (Fsp3) is 0.294. The molecule has 1 aromatic carbocycles. The normalized spacial score (nSPS) is 12.8. The molecule has 0 unspecified atom stereocenters. The molecule has 0 fully saturated rings. The Hall–Kier alpha value is -2.78. The van der Waals surface area contributed by atoms with Gasteiger partial charge in [-0.05, 0) is 26.0 Å². The van der Waals surface area contributed by atoms with E-state index in [1.807, 2.05) is 12.3 Å². The fourth-order valence-electron chi connectivity index (χ4n) is 2.44. The lowest BCUT2D eigenvalue weighted by molar-refractivity contribution is -0.148. The maximum atomic E-state index is 12.8. The third kappa shape index (κ3) is 3.44. The monoisotopic (exact) mass is 376 g/mol. The molecule has 2 rings (SSSR count). The van der Waals surface area contributed by atoms with E-state index in [2.05, 4.69) is 10.3 Å². The van der Waals surface area contributed by atoms with E-state index in [0.29, 0.717) is 5.56 Å². The Kier molecular flexibility index (Phi) is 5.73. The summed E-state index contributed by atoms with van der Waals surface area (Å²) in [5, 5.41) is 14.2. The van der Waals surface area contributed by atoms with E-state index >= 15 is 0 Å². The van der Waals surface area contributed by atoms with Crippen molar-refractivity contribution < 1.29 is 19.6 Å². The molecule has 3 N–H and O–H groups in total. The Balaban J connectivity index is 2.31. The molecule has 0 radical (unpaired) electrons. The van der Waals surface area contributed by atoms with Crippen molar-refractivity contribution >= 4 is 29.1 Å². The van der Waals surface area contributed by atoms with E-state index in [9.17, 15) is 14.4 Å². The van der Waals surface area contributed by atoms with Gasteiger partial charge >= 0.3 is 0 Å². The maximum absolute atomic E-state index is 12.8. The van der Waals surface area contributed by atoms with Crippen molar-refractivity contribution in [1.82, 2.24) is 20.7 Å². The van der Waals surface area contributed by atoms with E-state index < -0.39 is 23.3 Å². The molecule has 0 bridgehead atoms. The first-order valence-electron chi connectivity index (χ1n) is 7.73. The zero-order valence-electron chi connectivity index (χ0n) is 14.9. The van der Waals surface area contributed by atoms with Crippen LogP contribution in [0.25, 0.3) is 11.3 Å². The van der Waals surface area contributed by atoms with E-state index in [1.165, 1.54) is 37.8 Å². The van der Waals surface area contributed by atoms with Crippen LogP contribution in [0.4, 0.5) is 0 Å². The van der Waals surface area contributed by atoms with Crippen molar-refractivity contribution in [3.8, 4) is 11.3 Å². The van der Waals surface area contributed by atoms with Crippen LogP contribution in [0.15, 0.2) is 29.6 Å².